The molecule has 2 aromatic heterocycles. The predicted octanol–water partition coefficient (Wildman–Crippen LogP) is 4.09. The summed E-state index contributed by atoms with van der Waals surface area (Å²) in [6.45, 7) is 4.06. The molecule has 0 fully saturated rings. The van der Waals surface area contributed by atoms with Gasteiger partial charge in [-0.2, -0.15) is 0 Å². The maximum Gasteiger partial charge on any atom is 0.256 e. The van der Waals surface area contributed by atoms with E-state index in [1.807, 2.05) is 26.0 Å². The molecule has 0 saturated heterocycles. The zero-order chi connectivity index (χ0) is 15.0. The molecular formula is C16H14ClN3O. The van der Waals surface area contributed by atoms with Crippen LogP contribution in [0.25, 0.3) is 10.9 Å². The second-order valence-electron chi connectivity index (χ2n) is 4.95. The minimum atomic E-state index is -0.190. The van der Waals surface area contributed by atoms with Crippen molar-refractivity contribution in [2.75, 3.05) is 5.32 Å². The van der Waals surface area contributed by atoms with Crippen molar-refractivity contribution in [1.82, 2.24) is 9.97 Å². The molecule has 0 aliphatic carbocycles. The summed E-state index contributed by atoms with van der Waals surface area (Å²) >= 11 is 5.77. The van der Waals surface area contributed by atoms with Gasteiger partial charge >= 0.3 is 0 Å². The number of aryl methyl sites for hydroxylation is 2. The lowest BCUT2D eigenvalue weighted by molar-refractivity contribution is 0.102. The first kappa shape index (κ1) is 13.6. The fourth-order valence-corrected chi connectivity index (χ4v) is 2.35. The number of amides is 1. The van der Waals surface area contributed by atoms with E-state index in [0.29, 0.717) is 16.4 Å². The summed E-state index contributed by atoms with van der Waals surface area (Å²) in [5, 5.41) is 4.35. The number of anilines is 1. The van der Waals surface area contributed by atoms with Gasteiger partial charge in [0, 0.05) is 28.4 Å². The minimum Gasteiger partial charge on any atom is -0.358 e. The first-order valence-electron chi connectivity index (χ1n) is 6.56. The van der Waals surface area contributed by atoms with Crippen LogP contribution in [0.15, 0.2) is 36.5 Å². The highest BCUT2D eigenvalue weighted by Crippen LogP contribution is 2.22. The second kappa shape index (κ2) is 5.22. The first-order chi connectivity index (χ1) is 10.0. The highest BCUT2D eigenvalue weighted by molar-refractivity contribution is 6.30. The lowest BCUT2D eigenvalue weighted by atomic mass is 10.1. The Kier molecular flexibility index (Phi) is 3.39. The molecule has 0 atom stereocenters. The molecule has 3 aromatic rings. The molecular weight excluding hydrogens is 286 g/mol. The maximum atomic E-state index is 12.3. The molecule has 4 nitrogen and oxygen atoms in total. The predicted molar refractivity (Wildman–Crippen MR) is 85.0 cm³/mol. The minimum absolute atomic E-state index is 0.190. The first-order valence-corrected chi connectivity index (χ1v) is 6.94. The molecule has 2 heterocycles. The Morgan fingerprint density at radius 2 is 2.05 bits per heavy atom. The highest BCUT2D eigenvalue weighted by atomic mass is 35.5. The van der Waals surface area contributed by atoms with E-state index < -0.39 is 0 Å². The van der Waals surface area contributed by atoms with Crippen LogP contribution >= 0.6 is 11.6 Å². The van der Waals surface area contributed by atoms with Crippen LogP contribution in [0.2, 0.25) is 5.02 Å². The quantitative estimate of drug-likeness (QED) is 0.749. The third-order valence-electron chi connectivity index (χ3n) is 3.54. The van der Waals surface area contributed by atoms with Crippen molar-refractivity contribution in [1.29, 1.82) is 0 Å². The molecule has 3 rings (SSSR count). The summed E-state index contributed by atoms with van der Waals surface area (Å²) in [5.41, 5.74) is 3.90. The number of aromatic nitrogens is 2. The number of aromatic amines is 1. The Morgan fingerprint density at radius 3 is 2.76 bits per heavy atom. The molecule has 2 N–H and O–H groups in total. The number of carbonyl (C=O) groups excluding carboxylic acids is 1. The fourth-order valence-electron chi connectivity index (χ4n) is 2.24. The van der Waals surface area contributed by atoms with Crippen LogP contribution < -0.4 is 5.32 Å². The average Bonchev–Trinajstić information content (AvgIpc) is 2.76. The standard InChI is InChI=1S/C16H14ClN3O/c1-9-10(2)19-14-5-3-11(7-13(9)14)16(21)20-15-6-4-12(17)8-18-15/h3-8,19H,1-2H3,(H,18,20,21). The van der Waals surface area contributed by atoms with Gasteiger partial charge < -0.3 is 10.3 Å². The van der Waals surface area contributed by atoms with Gasteiger partial charge in [0.25, 0.3) is 5.91 Å². The number of hydrogen-bond donors (Lipinski definition) is 2. The van der Waals surface area contributed by atoms with Gasteiger partial charge in [-0.25, -0.2) is 4.98 Å². The molecule has 0 unspecified atom stereocenters. The van der Waals surface area contributed by atoms with Gasteiger partial charge in [0.2, 0.25) is 0 Å². The number of carbonyl (C=O) groups is 1. The summed E-state index contributed by atoms with van der Waals surface area (Å²) in [4.78, 5) is 19.6. The molecule has 0 spiro atoms. The van der Waals surface area contributed by atoms with Gasteiger partial charge in [-0.1, -0.05) is 11.6 Å². The number of hydrogen-bond acceptors (Lipinski definition) is 2. The molecule has 0 aliphatic rings. The van der Waals surface area contributed by atoms with Crippen LogP contribution in [0.1, 0.15) is 21.6 Å². The third kappa shape index (κ3) is 2.62. The Bertz CT molecular complexity index is 821. The Balaban J connectivity index is 1.90. The van der Waals surface area contributed by atoms with Crippen molar-refractivity contribution in [3.05, 3.63) is 58.4 Å². The van der Waals surface area contributed by atoms with Crippen LogP contribution in [0, 0.1) is 13.8 Å². The van der Waals surface area contributed by atoms with E-state index >= 15 is 0 Å². The number of halogens is 1. The Hall–Kier alpha value is -2.33. The normalized spacial score (nSPS) is 10.8. The van der Waals surface area contributed by atoms with Crippen molar-refractivity contribution < 1.29 is 4.79 Å². The van der Waals surface area contributed by atoms with E-state index in [1.54, 1.807) is 18.2 Å². The van der Waals surface area contributed by atoms with Gasteiger partial charge in [-0.15, -0.1) is 0 Å². The zero-order valence-electron chi connectivity index (χ0n) is 11.7. The van der Waals surface area contributed by atoms with Crippen LogP contribution in [0.3, 0.4) is 0 Å². The largest absolute Gasteiger partial charge is 0.358 e. The number of nitrogens with one attached hydrogen (secondary N) is 2. The lowest BCUT2D eigenvalue weighted by Crippen LogP contribution is -2.12. The van der Waals surface area contributed by atoms with Crippen LogP contribution in [-0.2, 0) is 0 Å². The van der Waals surface area contributed by atoms with Crippen molar-refractivity contribution in [2.24, 2.45) is 0 Å². The van der Waals surface area contributed by atoms with Gasteiger partial charge in [0.15, 0.2) is 0 Å². The van der Waals surface area contributed by atoms with E-state index in [4.69, 9.17) is 11.6 Å². The van der Waals surface area contributed by atoms with Crippen molar-refractivity contribution in [2.45, 2.75) is 13.8 Å². The maximum absolute atomic E-state index is 12.3. The van der Waals surface area contributed by atoms with Gasteiger partial charge in [0.1, 0.15) is 5.82 Å². The van der Waals surface area contributed by atoms with Crippen molar-refractivity contribution in [3.63, 3.8) is 0 Å². The Morgan fingerprint density at radius 1 is 1.24 bits per heavy atom. The van der Waals surface area contributed by atoms with Gasteiger partial charge in [-0.05, 0) is 49.7 Å². The molecule has 1 aromatic carbocycles. The number of nitrogens with zero attached hydrogens (tertiary/aromatic N) is 1. The van der Waals surface area contributed by atoms with Gasteiger partial charge in [-0.3, -0.25) is 4.79 Å². The van der Waals surface area contributed by atoms with Gasteiger partial charge in [0.05, 0.1) is 5.02 Å². The monoisotopic (exact) mass is 299 g/mol. The lowest BCUT2D eigenvalue weighted by Gasteiger charge is -2.05. The summed E-state index contributed by atoms with van der Waals surface area (Å²) in [5.74, 6) is 0.288. The molecule has 106 valence electrons. The SMILES string of the molecule is Cc1[nH]c2ccc(C(=O)Nc3ccc(Cl)cn3)cc2c1C. The van der Waals surface area contributed by atoms with E-state index in [9.17, 15) is 4.79 Å². The zero-order valence-corrected chi connectivity index (χ0v) is 12.5. The molecule has 1 amide bonds. The summed E-state index contributed by atoms with van der Waals surface area (Å²) in [6, 6.07) is 8.96. The van der Waals surface area contributed by atoms with Crippen LogP contribution in [-0.4, -0.2) is 15.9 Å². The molecule has 21 heavy (non-hydrogen) atoms. The average molecular weight is 300 g/mol. The molecule has 5 heteroatoms. The summed E-state index contributed by atoms with van der Waals surface area (Å²) < 4.78 is 0. The fraction of sp³-hybridized carbons (Fsp3) is 0.125. The number of benzene rings is 1. The van der Waals surface area contributed by atoms with E-state index in [-0.39, 0.29) is 5.91 Å². The van der Waals surface area contributed by atoms with E-state index in [0.717, 1.165) is 22.2 Å². The number of H-pyrrole nitrogens is 1. The molecule has 0 saturated carbocycles. The van der Waals surface area contributed by atoms with Crippen molar-refractivity contribution in [3.8, 4) is 0 Å². The van der Waals surface area contributed by atoms with Crippen molar-refractivity contribution >= 4 is 34.2 Å². The third-order valence-corrected chi connectivity index (χ3v) is 3.76. The van der Waals surface area contributed by atoms with E-state index in [2.05, 4.69) is 15.3 Å². The smallest absolute Gasteiger partial charge is 0.256 e. The number of rotatable bonds is 2. The topological polar surface area (TPSA) is 57.8 Å². The second-order valence-corrected chi connectivity index (χ2v) is 5.39. The summed E-state index contributed by atoms with van der Waals surface area (Å²) in [7, 11) is 0. The van der Waals surface area contributed by atoms with Crippen LogP contribution in [0.5, 0.6) is 0 Å². The number of fused-ring (bicyclic) bond motifs is 1. The molecule has 0 radical (unpaired) electrons. The Labute approximate surface area is 127 Å². The molecule has 0 aliphatic heterocycles. The van der Waals surface area contributed by atoms with E-state index in [1.165, 1.54) is 6.20 Å². The van der Waals surface area contributed by atoms with Crippen LogP contribution in [0.4, 0.5) is 5.82 Å². The summed E-state index contributed by atoms with van der Waals surface area (Å²) in [6.07, 6.45) is 1.50. The number of pyridine rings is 1. The molecule has 0 bridgehead atoms. The highest BCUT2D eigenvalue weighted by Gasteiger charge is 2.10.